The highest BCUT2D eigenvalue weighted by Crippen LogP contribution is 2.15. The highest BCUT2D eigenvalue weighted by Gasteiger charge is 2.10. The van der Waals surface area contributed by atoms with Crippen LogP contribution in [0, 0.1) is 0 Å². The van der Waals surface area contributed by atoms with E-state index in [4.69, 9.17) is 4.74 Å². The minimum absolute atomic E-state index is 0.0384. The topological polar surface area (TPSA) is 38.3 Å². The van der Waals surface area contributed by atoms with Crippen molar-refractivity contribution < 1.29 is 9.53 Å². The summed E-state index contributed by atoms with van der Waals surface area (Å²) in [6.45, 7) is 5.05. The van der Waals surface area contributed by atoms with Crippen molar-refractivity contribution in [2.24, 2.45) is 0 Å². The van der Waals surface area contributed by atoms with Gasteiger partial charge in [-0.2, -0.15) is 0 Å². The molecule has 0 spiro atoms. The average molecular weight is 286 g/mol. The van der Waals surface area contributed by atoms with Crippen molar-refractivity contribution in [2.75, 3.05) is 13.2 Å². The molecule has 0 aromatic heterocycles. The molecular weight excluding hydrogens is 270 g/mol. The second-order valence-corrected chi connectivity index (χ2v) is 4.31. The van der Waals surface area contributed by atoms with Crippen LogP contribution in [0.25, 0.3) is 0 Å². The van der Waals surface area contributed by atoms with Gasteiger partial charge in [0.1, 0.15) is 0 Å². The predicted octanol–water partition coefficient (Wildman–Crippen LogP) is 2.60. The first-order chi connectivity index (χ1) is 7.65. The molecule has 4 heteroatoms. The van der Waals surface area contributed by atoms with Crippen LogP contribution in [0.3, 0.4) is 0 Å². The van der Waals surface area contributed by atoms with Gasteiger partial charge in [0.15, 0.2) is 0 Å². The molecule has 0 heterocycles. The number of carbonyl (C=O) groups is 1. The van der Waals surface area contributed by atoms with Gasteiger partial charge in [-0.3, -0.25) is 4.79 Å². The van der Waals surface area contributed by atoms with Crippen molar-refractivity contribution in [1.82, 2.24) is 5.32 Å². The second kappa shape index (κ2) is 6.66. The zero-order chi connectivity index (χ0) is 12.0. The standard InChI is InChI=1S/C12H16BrNO2/c1-3-16-9(2)8-14-12(15)10-6-4-5-7-11(10)13/h4-7,9H,3,8H2,1-2H3,(H,14,15). The van der Waals surface area contributed by atoms with Crippen molar-refractivity contribution in [3.63, 3.8) is 0 Å². The molecule has 1 rings (SSSR count). The molecule has 0 aliphatic rings. The highest BCUT2D eigenvalue weighted by molar-refractivity contribution is 9.10. The van der Waals surface area contributed by atoms with Crippen LogP contribution >= 0.6 is 15.9 Å². The van der Waals surface area contributed by atoms with Gasteiger partial charge in [0.05, 0.1) is 11.7 Å². The second-order valence-electron chi connectivity index (χ2n) is 3.46. The van der Waals surface area contributed by atoms with Gasteiger partial charge >= 0.3 is 0 Å². The number of rotatable bonds is 5. The normalized spacial score (nSPS) is 12.2. The molecule has 0 radical (unpaired) electrons. The molecule has 0 bridgehead atoms. The molecule has 1 aromatic rings. The summed E-state index contributed by atoms with van der Waals surface area (Å²) in [5, 5.41) is 2.83. The van der Waals surface area contributed by atoms with Gasteiger partial charge < -0.3 is 10.1 Å². The van der Waals surface area contributed by atoms with E-state index in [0.717, 1.165) is 4.47 Å². The summed E-state index contributed by atoms with van der Waals surface area (Å²) in [6.07, 6.45) is 0.0384. The molecule has 1 aromatic carbocycles. The lowest BCUT2D eigenvalue weighted by Crippen LogP contribution is -2.32. The highest BCUT2D eigenvalue weighted by atomic mass is 79.9. The molecule has 3 nitrogen and oxygen atoms in total. The van der Waals surface area contributed by atoms with Gasteiger partial charge in [-0.25, -0.2) is 0 Å². The molecule has 16 heavy (non-hydrogen) atoms. The van der Waals surface area contributed by atoms with E-state index in [-0.39, 0.29) is 12.0 Å². The average Bonchev–Trinajstić information content (AvgIpc) is 2.27. The van der Waals surface area contributed by atoms with Crippen molar-refractivity contribution in [3.8, 4) is 0 Å². The molecule has 0 saturated carbocycles. The summed E-state index contributed by atoms with van der Waals surface area (Å²) in [5.74, 6) is -0.0842. The molecule has 1 amide bonds. The van der Waals surface area contributed by atoms with Crippen LogP contribution in [0.4, 0.5) is 0 Å². The van der Waals surface area contributed by atoms with Gasteiger partial charge in [0.25, 0.3) is 5.91 Å². The SMILES string of the molecule is CCOC(C)CNC(=O)c1ccccc1Br. The van der Waals surface area contributed by atoms with Gasteiger partial charge in [-0.15, -0.1) is 0 Å². The first kappa shape index (κ1) is 13.2. The van der Waals surface area contributed by atoms with E-state index >= 15 is 0 Å². The van der Waals surface area contributed by atoms with Crippen LogP contribution in [0.5, 0.6) is 0 Å². The zero-order valence-corrected chi connectivity index (χ0v) is 11.1. The van der Waals surface area contributed by atoms with E-state index < -0.39 is 0 Å². The molecule has 0 aliphatic carbocycles. The van der Waals surface area contributed by atoms with Crippen molar-refractivity contribution in [3.05, 3.63) is 34.3 Å². The summed E-state index contributed by atoms with van der Waals surface area (Å²) in [5.41, 5.74) is 0.645. The Bertz CT molecular complexity index is 355. The van der Waals surface area contributed by atoms with E-state index in [2.05, 4.69) is 21.2 Å². The summed E-state index contributed by atoms with van der Waals surface area (Å²) in [6, 6.07) is 7.35. The van der Waals surface area contributed by atoms with Gasteiger partial charge in [-0.05, 0) is 41.9 Å². The molecule has 1 N–H and O–H groups in total. The Labute approximate surface area is 104 Å². The number of ether oxygens (including phenoxy) is 1. The third-order valence-electron chi connectivity index (χ3n) is 2.12. The molecule has 88 valence electrons. The van der Waals surface area contributed by atoms with Crippen LogP contribution in [0.2, 0.25) is 0 Å². The van der Waals surface area contributed by atoms with E-state index in [1.54, 1.807) is 6.07 Å². The summed E-state index contributed by atoms with van der Waals surface area (Å²) in [7, 11) is 0. The number of hydrogen-bond acceptors (Lipinski definition) is 2. The first-order valence-corrected chi connectivity index (χ1v) is 6.08. The molecule has 1 unspecified atom stereocenters. The van der Waals surface area contributed by atoms with Crippen molar-refractivity contribution in [1.29, 1.82) is 0 Å². The van der Waals surface area contributed by atoms with Crippen molar-refractivity contribution in [2.45, 2.75) is 20.0 Å². The number of hydrogen-bond donors (Lipinski definition) is 1. The van der Waals surface area contributed by atoms with E-state index in [1.807, 2.05) is 32.0 Å². The first-order valence-electron chi connectivity index (χ1n) is 5.29. The number of nitrogens with one attached hydrogen (secondary N) is 1. The quantitative estimate of drug-likeness (QED) is 0.903. The summed E-state index contributed by atoms with van der Waals surface area (Å²) >= 11 is 3.34. The van der Waals surface area contributed by atoms with Gasteiger partial charge in [-0.1, -0.05) is 12.1 Å². The van der Waals surface area contributed by atoms with Crippen LogP contribution in [-0.2, 0) is 4.74 Å². The lowest BCUT2D eigenvalue weighted by Gasteiger charge is -2.12. The van der Waals surface area contributed by atoms with Crippen LogP contribution in [0.1, 0.15) is 24.2 Å². The fourth-order valence-electron chi connectivity index (χ4n) is 1.32. The third kappa shape index (κ3) is 3.94. The van der Waals surface area contributed by atoms with Gasteiger partial charge in [0, 0.05) is 17.6 Å². The maximum absolute atomic E-state index is 11.8. The Morgan fingerprint density at radius 1 is 1.50 bits per heavy atom. The van der Waals surface area contributed by atoms with E-state index in [1.165, 1.54) is 0 Å². The Kier molecular flexibility index (Phi) is 5.49. The predicted molar refractivity (Wildman–Crippen MR) is 67.6 cm³/mol. The minimum atomic E-state index is -0.0842. The summed E-state index contributed by atoms with van der Waals surface area (Å²) in [4.78, 5) is 11.8. The molecule has 0 aliphatic heterocycles. The number of halogens is 1. The monoisotopic (exact) mass is 285 g/mol. The lowest BCUT2D eigenvalue weighted by molar-refractivity contribution is 0.0695. The fraction of sp³-hybridized carbons (Fsp3) is 0.417. The molecule has 1 atom stereocenters. The van der Waals surface area contributed by atoms with Crippen molar-refractivity contribution >= 4 is 21.8 Å². The Morgan fingerprint density at radius 3 is 2.81 bits per heavy atom. The maximum atomic E-state index is 11.8. The Morgan fingerprint density at radius 2 is 2.19 bits per heavy atom. The van der Waals surface area contributed by atoms with Crippen LogP contribution < -0.4 is 5.32 Å². The smallest absolute Gasteiger partial charge is 0.252 e. The Balaban J connectivity index is 2.50. The van der Waals surface area contributed by atoms with Gasteiger partial charge in [0.2, 0.25) is 0 Å². The number of carbonyl (C=O) groups excluding carboxylic acids is 1. The molecule has 0 fully saturated rings. The van der Waals surface area contributed by atoms with E-state index in [0.29, 0.717) is 18.7 Å². The molecule has 0 saturated heterocycles. The molecular formula is C12H16BrNO2. The lowest BCUT2D eigenvalue weighted by atomic mass is 10.2. The summed E-state index contributed by atoms with van der Waals surface area (Å²) < 4.78 is 6.13. The largest absolute Gasteiger partial charge is 0.377 e. The zero-order valence-electron chi connectivity index (χ0n) is 9.50. The number of benzene rings is 1. The fourth-order valence-corrected chi connectivity index (χ4v) is 1.79. The number of amides is 1. The van der Waals surface area contributed by atoms with Crippen LogP contribution in [0.15, 0.2) is 28.7 Å². The maximum Gasteiger partial charge on any atom is 0.252 e. The van der Waals surface area contributed by atoms with Crippen LogP contribution in [-0.4, -0.2) is 25.2 Å². The van der Waals surface area contributed by atoms with E-state index in [9.17, 15) is 4.79 Å². The third-order valence-corrected chi connectivity index (χ3v) is 2.81. The minimum Gasteiger partial charge on any atom is -0.377 e. The Hall–Kier alpha value is -0.870.